The molecule has 1 heterocycles. The molecule has 1 aromatic heterocycles. The van der Waals surface area contributed by atoms with Crippen LogP contribution in [0.25, 0.3) is 22.0 Å². The maximum atomic E-state index is 13.4. The zero-order chi connectivity index (χ0) is 26.3. The number of hydrogen-bond donors (Lipinski definition) is 1. The maximum Gasteiger partial charge on any atom is 0.251 e. The van der Waals surface area contributed by atoms with Gasteiger partial charge in [-0.2, -0.15) is 5.10 Å². The number of benzene rings is 4. The van der Waals surface area contributed by atoms with Gasteiger partial charge in [-0.15, -0.1) is 0 Å². The largest absolute Gasteiger partial charge is 0.343 e. The molecule has 4 nitrogen and oxygen atoms in total. The summed E-state index contributed by atoms with van der Waals surface area (Å²) in [6.45, 7) is 7.10. The van der Waals surface area contributed by atoms with E-state index in [2.05, 4.69) is 92.0 Å². The summed E-state index contributed by atoms with van der Waals surface area (Å²) in [7, 11) is 0. The van der Waals surface area contributed by atoms with Crippen molar-refractivity contribution in [3.05, 3.63) is 125 Å². The number of nitrogens with one attached hydrogen (secondary N) is 1. The minimum absolute atomic E-state index is 0.0250. The Bertz CT molecular complexity index is 1610. The second-order valence-electron chi connectivity index (χ2n) is 10.9. The Balaban J connectivity index is 1.21. The van der Waals surface area contributed by atoms with Crippen molar-refractivity contribution < 1.29 is 4.79 Å². The van der Waals surface area contributed by atoms with E-state index in [0.29, 0.717) is 18.0 Å². The van der Waals surface area contributed by atoms with Crippen LogP contribution in [0.15, 0.2) is 97.1 Å². The summed E-state index contributed by atoms with van der Waals surface area (Å²) in [5, 5.41) is 9.18. The van der Waals surface area contributed by atoms with Gasteiger partial charge in [0.2, 0.25) is 0 Å². The molecule has 0 radical (unpaired) electrons. The Morgan fingerprint density at radius 2 is 1.63 bits per heavy atom. The van der Waals surface area contributed by atoms with Crippen LogP contribution in [-0.4, -0.2) is 15.7 Å². The van der Waals surface area contributed by atoms with E-state index in [1.54, 1.807) is 0 Å². The van der Waals surface area contributed by atoms with Gasteiger partial charge >= 0.3 is 0 Å². The van der Waals surface area contributed by atoms with E-state index in [0.717, 1.165) is 29.4 Å². The molecule has 1 aliphatic rings. The molecule has 0 saturated heterocycles. The van der Waals surface area contributed by atoms with Crippen molar-refractivity contribution in [2.45, 2.75) is 51.6 Å². The minimum Gasteiger partial charge on any atom is -0.343 e. The highest BCUT2D eigenvalue weighted by Crippen LogP contribution is 2.46. The van der Waals surface area contributed by atoms with Gasteiger partial charge < -0.3 is 5.32 Å². The number of aromatic nitrogens is 2. The lowest BCUT2D eigenvalue weighted by Crippen LogP contribution is -2.34. The summed E-state index contributed by atoms with van der Waals surface area (Å²) < 4.78 is 2.03. The first-order valence-electron chi connectivity index (χ1n) is 13.5. The van der Waals surface area contributed by atoms with Crippen molar-refractivity contribution in [3.8, 4) is 11.1 Å². The molecule has 0 spiro atoms. The molecule has 1 amide bonds. The molecule has 1 aliphatic carbocycles. The van der Waals surface area contributed by atoms with Crippen LogP contribution in [0.4, 0.5) is 0 Å². The van der Waals surface area contributed by atoms with Crippen LogP contribution in [-0.2, 0) is 12.1 Å². The Morgan fingerprint density at radius 1 is 0.895 bits per heavy atom. The van der Waals surface area contributed by atoms with Crippen LogP contribution >= 0.6 is 0 Å². The minimum atomic E-state index is -0.248. The molecule has 1 fully saturated rings. The fourth-order valence-corrected chi connectivity index (χ4v) is 5.30. The van der Waals surface area contributed by atoms with Gasteiger partial charge in [-0.05, 0) is 71.7 Å². The third-order valence-corrected chi connectivity index (χ3v) is 7.80. The molecule has 6 rings (SSSR count). The quantitative estimate of drug-likeness (QED) is 0.251. The van der Waals surface area contributed by atoms with Crippen molar-refractivity contribution in [1.29, 1.82) is 0 Å². The fourth-order valence-electron chi connectivity index (χ4n) is 5.30. The van der Waals surface area contributed by atoms with E-state index in [1.165, 1.54) is 27.8 Å². The topological polar surface area (TPSA) is 46.9 Å². The predicted molar refractivity (Wildman–Crippen MR) is 154 cm³/mol. The normalized spacial score (nSPS) is 14.1. The summed E-state index contributed by atoms with van der Waals surface area (Å²) in [5.74, 6) is 0.438. The van der Waals surface area contributed by atoms with Crippen LogP contribution in [0.1, 0.15) is 65.3 Å². The number of aryl methyl sites for hydroxylation is 1. The summed E-state index contributed by atoms with van der Waals surface area (Å²) in [6, 6.07) is 33.7. The van der Waals surface area contributed by atoms with E-state index in [9.17, 15) is 4.79 Å². The van der Waals surface area contributed by atoms with Gasteiger partial charge in [-0.1, -0.05) is 92.7 Å². The summed E-state index contributed by atoms with van der Waals surface area (Å²) in [6.07, 6.45) is 1.95. The van der Waals surface area contributed by atoms with Crippen LogP contribution in [0.5, 0.6) is 0 Å². The maximum absolute atomic E-state index is 13.4. The SMILES string of the molecule is Cc1nn(Cc2ccc(-c3ccccc3)cc2)c2ccc(C(=O)NC3(c4cccc(C(C)C)c4)CC3)cc12. The number of carbonyl (C=O) groups excluding carboxylic acids is 1. The molecule has 1 saturated carbocycles. The smallest absolute Gasteiger partial charge is 0.251 e. The lowest BCUT2D eigenvalue weighted by Gasteiger charge is -2.20. The number of amides is 1. The molecule has 0 bridgehead atoms. The van der Waals surface area contributed by atoms with Crippen molar-refractivity contribution in [3.63, 3.8) is 0 Å². The highest BCUT2D eigenvalue weighted by molar-refractivity contribution is 5.99. The van der Waals surface area contributed by atoms with Gasteiger partial charge in [0.25, 0.3) is 5.91 Å². The first kappa shape index (κ1) is 24.2. The highest BCUT2D eigenvalue weighted by atomic mass is 16.1. The first-order valence-corrected chi connectivity index (χ1v) is 13.5. The fraction of sp³-hybridized carbons (Fsp3) is 0.235. The van der Waals surface area contributed by atoms with Crippen molar-refractivity contribution in [2.75, 3.05) is 0 Å². The molecule has 0 aliphatic heterocycles. The number of hydrogen-bond acceptors (Lipinski definition) is 2. The van der Waals surface area contributed by atoms with E-state index < -0.39 is 0 Å². The second-order valence-corrected chi connectivity index (χ2v) is 10.9. The Morgan fingerprint density at radius 3 is 2.34 bits per heavy atom. The van der Waals surface area contributed by atoms with E-state index in [4.69, 9.17) is 5.10 Å². The van der Waals surface area contributed by atoms with Gasteiger partial charge in [0, 0.05) is 10.9 Å². The Kier molecular flexibility index (Phi) is 6.11. The van der Waals surface area contributed by atoms with Gasteiger partial charge in [-0.3, -0.25) is 9.48 Å². The lowest BCUT2D eigenvalue weighted by molar-refractivity contribution is 0.0931. The predicted octanol–water partition coefficient (Wildman–Crippen LogP) is 7.60. The van der Waals surface area contributed by atoms with E-state index >= 15 is 0 Å². The van der Waals surface area contributed by atoms with E-state index in [-0.39, 0.29) is 11.4 Å². The molecular formula is C34H33N3O. The molecule has 0 unspecified atom stereocenters. The molecule has 190 valence electrons. The number of fused-ring (bicyclic) bond motifs is 1. The molecule has 0 atom stereocenters. The molecule has 5 aromatic rings. The van der Waals surface area contributed by atoms with Gasteiger partial charge in [-0.25, -0.2) is 0 Å². The highest BCUT2D eigenvalue weighted by Gasteiger charge is 2.45. The Hall–Kier alpha value is -4.18. The van der Waals surface area contributed by atoms with E-state index in [1.807, 2.05) is 35.9 Å². The average Bonchev–Trinajstić information content (AvgIpc) is 3.67. The van der Waals surface area contributed by atoms with Crippen LogP contribution in [0, 0.1) is 6.92 Å². The molecule has 4 aromatic carbocycles. The number of nitrogens with zero attached hydrogens (tertiary/aromatic N) is 2. The molecular weight excluding hydrogens is 466 g/mol. The monoisotopic (exact) mass is 499 g/mol. The van der Waals surface area contributed by atoms with Crippen LogP contribution < -0.4 is 5.32 Å². The van der Waals surface area contributed by atoms with Crippen molar-refractivity contribution in [1.82, 2.24) is 15.1 Å². The van der Waals surface area contributed by atoms with Gasteiger partial charge in [0.15, 0.2) is 0 Å². The second kappa shape index (κ2) is 9.60. The van der Waals surface area contributed by atoms with Crippen molar-refractivity contribution >= 4 is 16.8 Å². The zero-order valence-corrected chi connectivity index (χ0v) is 22.2. The Labute approximate surface area is 224 Å². The van der Waals surface area contributed by atoms with Crippen LogP contribution in [0.3, 0.4) is 0 Å². The third-order valence-electron chi connectivity index (χ3n) is 7.80. The molecule has 38 heavy (non-hydrogen) atoms. The van der Waals surface area contributed by atoms with Crippen LogP contribution in [0.2, 0.25) is 0 Å². The molecule has 1 N–H and O–H groups in total. The summed E-state index contributed by atoms with van der Waals surface area (Å²) in [5.41, 5.74) is 8.53. The molecule has 4 heteroatoms. The lowest BCUT2D eigenvalue weighted by atomic mass is 9.96. The summed E-state index contributed by atoms with van der Waals surface area (Å²) in [4.78, 5) is 13.4. The average molecular weight is 500 g/mol. The number of carbonyl (C=O) groups is 1. The third kappa shape index (κ3) is 4.63. The summed E-state index contributed by atoms with van der Waals surface area (Å²) >= 11 is 0. The van der Waals surface area contributed by atoms with Gasteiger partial charge in [0.1, 0.15) is 0 Å². The standard InChI is InChI=1S/C34H33N3O/c1-23(2)28-10-7-11-30(20-28)34(18-19-34)35-33(38)29-16-17-32-31(21-29)24(3)36-37(32)22-25-12-14-27(15-13-25)26-8-5-4-6-9-26/h4-17,20-21,23H,18-19,22H2,1-3H3,(H,35,38). The zero-order valence-electron chi connectivity index (χ0n) is 22.2. The van der Waals surface area contributed by atoms with Gasteiger partial charge in [0.05, 0.1) is 23.3 Å². The number of rotatable bonds is 7. The van der Waals surface area contributed by atoms with Crippen molar-refractivity contribution in [2.24, 2.45) is 0 Å². The first-order chi connectivity index (χ1) is 18.4.